The van der Waals surface area contributed by atoms with Crippen LogP contribution in [0.2, 0.25) is 0 Å². The smallest absolute Gasteiger partial charge is 0.303 e. The summed E-state index contributed by atoms with van der Waals surface area (Å²) in [5.41, 5.74) is 3.21. The van der Waals surface area contributed by atoms with Gasteiger partial charge in [-0.15, -0.1) is 0 Å². The lowest BCUT2D eigenvalue weighted by Crippen LogP contribution is -2.26. The zero-order valence-corrected chi connectivity index (χ0v) is 23.3. The molecule has 4 N–H and O–H groups in total. The van der Waals surface area contributed by atoms with Crippen molar-refractivity contribution in [1.82, 2.24) is 10.6 Å². The highest BCUT2D eigenvalue weighted by Crippen LogP contribution is 2.50. The average Bonchev–Trinajstić information content (AvgIpc) is 3.16. The molecule has 2 amide bonds. The number of hydrogen-bond acceptors (Lipinski definition) is 8. The minimum Gasteiger partial charge on any atom is -0.493 e. The molecule has 0 aliphatic heterocycles. The number of carbonyl (C=O) groups is 3. The Morgan fingerprint density at radius 2 is 1.70 bits per heavy atom. The normalized spacial score (nSPS) is 13.7. The lowest BCUT2D eigenvalue weighted by molar-refractivity contribution is -0.137. The molecule has 0 bridgehead atoms. The molecule has 1 aliphatic rings. The first-order valence-electron chi connectivity index (χ1n) is 13.2. The van der Waals surface area contributed by atoms with E-state index in [1.807, 2.05) is 12.1 Å². The Kier molecular flexibility index (Phi) is 10.7. The van der Waals surface area contributed by atoms with Crippen molar-refractivity contribution < 1.29 is 33.7 Å². The Hall–Kier alpha value is -4.28. The highest BCUT2D eigenvalue weighted by molar-refractivity contribution is 5.84. The molecule has 40 heavy (non-hydrogen) atoms. The average molecular weight is 556 g/mol. The quantitative estimate of drug-likeness (QED) is 0.273. The van der Waals surface area contributed by atoms with Crippen molar-refractivity contribution in [2.75, 3.05) is 39.7 Å². The van der Waals surface area contributed by atoms with E-state index in [1.165, 1.54) is 14.0 Å². The minimum absolute atomic E-state index is 0.00256. The Morgan fingerprint density at radius 3 is 2.35 bits per heavy atom. The summed E-state index contributed by atoms with van der Waals surface area (Å²) in [6.45, 7) is 2.13. The van der Waals surface area contributed by atoms with Gasteiger partial charge in [0.25, 0.3) is 0 Å². The van der Waals surface area contributed by atoms with Crippen molar-refractivity contribution in [2.45, 2.75) is 51.5 Å². The maximum atomic E-state index is 13.3. The van der Waals surface area contributed by atoms with Crippen LogP contribution in [0, 0.1) is 0 Å². The van der Waals surface area contributed by atoms with E-state index in [0.29, 0.717) is 67.3 Å². The summed E-state index contributed by atoms with van der Waals surface area (Å²) in [7, 11) is 4.63. The molecule has 2 aromatic carbocycles. The molecule has 2 aromatic rings. The van der Waals surface area contributed by atoms with Crippen molar-refractivity contribution in [3.8, 4) is 28.4 Å². The first-order chi connectivity index (χ1) is 19.2. The Bertz CT molecular complexity index is 1310. The second kappa shape index (κ2) is 14.2. The molecule has 1 aliphatic carbocycles. The van der Waals surface area contributed by atoms with Gasteiger partial charge in [0.15, 0.2) is 11.5 Å². The molecule has 11 heteroatoms. The molecule has 0 fully saturated rings. The van der Waals surface area contributed by atoms with E-state index in [4.69, 9.17) is 19.3 Å². The van der Waals surface area contributed by atoms with Crippen molar-refractivity contribution in [2.24, 2.45) is 0 Å². The molecule has 0 saturated heterocycles. The van der Waals surface area contributed by atoms with Gasteiger partial charge in [0, 0.05) is 38.4 Å². The Balaban J connectivity index is 1.91. The van der Waals surface area contributed by atoms with Crippen LogP contribution in [-0.2, 0) is 20.8 Å². The molecule has 11 nitrogen and oxygen atoms in total. The largest absolute Gasteiger partial charge is 0.493 e. The van der Waals surface area contributed by atoms with Crippen molar-refractivity contribution in [3.05, 3.63) is 45.6 Å². The molecular formula is C29H37N3O8. The number of amides is 2. The molecule has 216 valence electrons. The van der Waals surface area contributed by atoms with Gasteiger partial charge in [-0.3, -0.25) is 19.2 Å². The predicted molar refractivity (Wildman–Crippen MR) is 150 cm³/mol. The standard InChI is InChI=1S/C29H37N3O8/c1-17(33)32-21-11-9-18-15-24(38-2)28(39-3)29(40-4)27(18)19-10-12-22(23(34)16-20(19)21)30-13-5-7-25(35)31-14-6-8-26(36)37/h10,12,15-16,21H,5-9,11,13-14H2,1-4H3,(H,30,34)(H,31,35)(H,32,33)(H,36,37)/t21-/m0/s1. The second-order valence-corrected chi connectivity index (χ2v) is 9.47. The van der Waals surface area contributed by atoms with E-state index in [0.717, 1.165) is 16.7 Å². The number of hydrogen-bond donors (Lipinski definition) is 4. The topological polar surface area (TPSA) is 152 Å². The molecule has 0 heterocycles. The third kappa shape index (κ3) is 7.43. The van der Waals surface area contributed by atoms with Crippen LogP contribution in [0.4, 0.5) is 5.69 Å². The molecule has 0 aromatic heterocycles. The number of carbonyl (C=O) groups excluding carboxylic acids is 2. The molecule has 0 unspecified atom stereocenters. The lowest BCUT2D eigenvalue weighted by atomic mass is 9.95. The van der Waals surface area contributed by atoms with Crippen LogP contribution in [0.1, 0.15) is 56.2 Å². The van der Waals surface area contributed by atoms with Crippen LogP contribution >= 0.6 is 0 Å². The predicted octanol–water partition coefficient (Wildman–Crippen LogP) is 3.04. The lowest BCUT2D eigenvalue weighted by Gasteiger charge is -2.19. The van der Waals surface area contributed by atoms with Gasteiger partial charge in [0.2, 0.25) is 23.0 Å². The number of anilines is 1. The fourth-order valence-electron chi connectivity index (χ4n) is 4.88. The summed E-state index contributed by atoms with van der Waals surface area (Å²) < 4.78 is 17.0. The SMILES string of the molecule is COc1cc2c(c(OC)c1OC)-c1ccc(NCCCC(=O)NCCCC(=O)O)c(=O)cc1[C@@H](NC(C)=O)CC2. The Morgan fingerprint density at radius 1 is 0.975 bits per heavy atom. The van der Waals surface area contributed by atoms with Crippen LogP contribution in [0.15, 0.2) is 29.1 Å². The number of rotatable bonds is 13. The number of carboxylic acids is 1. The van der Waals surface area contributed by atoms with E-state index >= 15 is 0 Å². The number of aliphatic carboxylic acids is 1. The summed E-state index contributed by atoms with van der Waals surface area (Å²) in [4.78, 5) is 48.0. The monoisotopic (exact) mass is 555 g/mol. The Labute approximate surface area is 233 Å². The highest BCUT2D eigenvalue weighted by atomic mass is 16.5. The maximum absolute atomic E-state index is 13.3. The van der Waals surface area contributed by atoms with E-state index in [-0.39, 0.29) is 30.1 Å². The van der Waals surface area contributed by atoms with E-state index in [1.54, 1.807) is 26.4 Å². The molecule has 0 spiro atoms. The van der Waals surface area contributed by atoms with Gasteiger partial charge < -0.3 is 35.3 Å². The molecule has 3 rings (SSSR count). The first-order valence-corrected chi connectivity index (χ1v) is 13.2. The van der Waals surface area contributed by atoms with Crippen LogP contribution in [0.5, 0.6) is 17.2 Å². The summed E-state index contributed by atoms with van der Waals surface area (Å²) in [5, 5.41) is 17.5. The van der Waals surface area contributed by atoms with Gasteiger partial charge in [-0.2, -0.15) is 0 Å². The van der Waals surface area contributed by atoms with Gasteiger partial charge in [0.1, 0.15) is 0 Å². The van der Waals surface area contributed by atoms with E-state index in [9.17, 15) is 19.2 Å². The van der Waals surface area contributed by atoms with Crippen LogP contribution in [-0.4, -0.2) is 57.3 Å². The third-order valence-corrected chi connectivity index (χ3v) is 6.70. The number of methoxy groups -OCH3 is 3. The number of ether oxygens (including phenoxy) is 3. The van der Waals surface area contributed by atoms with Crippen LogP contribution in [0.25, 0.3) is 11.1 Å². The summed E-state index contributed by atoms with van der Waals surface area (Å²) in [5.74, 6) is 0.152. The third-order valence-electron chi connectivity index (χ3n) is 6.70. The zero-order chi connectivity index (χ0) is 29.2. The number of benzene rings is 1. The fraction of sp³-hybridized carbons (Fsp3) is 0.448. The molecule has 0 radical (unpaired) electrons. The maximum Gasteiger partial charge on any atom is 0.303 e. The first kappa shape index (κ1) is 30.3. The van der Waals surface area contributed by atoms with Crippen LogP contribution in [0.3, 0.4) is 0 Å². The number of carboxylic acid groups (broad SMARTS) is 1. The number of nitrogens with one attached hydrogen (secondary N) is 3. The summed E-state index contributed by atoms with van der Waals surface area (Å²) in [6.07, 6.45) is 2.25. The number of fused-ring (bicyclic) bond motifs is 3. The van der Waals surface area contributed by atoms with Crippen molar-refractivity contribution >= 4 is 23.5 Å². The van der Waals surface area contributed by atoms with Crippen molar-refractivity contribution in [3.63, 3.8) is 0 Å². The fourth-order valence-corrected chi connectivity index (χ4v) is 4.88. The highest BCUT2D eigenvalue weighted by Gasteiger charge is 2.29. The summed E-state index contributed by atoms with van der Waals surface area (Å²) in [6, 6.07) is 6.57. The van der Waals surface area contributed by atoms with Gasteiger partial charge >= 0.3 is 5.97 Å². The zero-order valence-electron chi connectivity index (χ0n) is 23.3. The van der Waals surface area contributed by atoms with Gasteiger partial charge in [-0.05, 0) is 60.6 Å². The summed E-state index contributed by atoms with van der Waals surface area (Å²) >= 11 is 0. The van der Waals surface area contributed by atoms with Gasteiger partial charge in [0.05, 0.1) is 33.1 Å². The number of aryl methyl sites for hydroxylation is 1. The molecule has 1 atom stereocenters. The van der Waals surface area contributed by atoms with Gasteiger partial charge in [-0.1, -0.05) is 6.07 Å². The second-order valence-electron chi connectivity index (χ2n) is 9.47. The van der Waals surface area contributed by atoms with Crippen LogP contribution < -0.4 is 35.6 Å². The minimum atomic E-state index is -0.899. The van der Waals surface area contributed by atoms with E-state index in [2.05, 4.69) is 16.0 Å². The van der Waals surface area contributed by atoms with E-state index < -0.39 is 12.0 Å². The molecular weight excluding hydrogens is 518 g/mol. The molecule has 0 saturated carbocycles. The van der Waals surface area contributed by atoms with Crippen molar-refractivity contribution in [1.29, 1.82) is 0 Å². The van der Waals surface area contributed by atoms with Gasteiger partial charge in [-0.25, -0.2) is 0 Å².